The van der Waals surface area contributed by atoms with E-state index in [0.29, 0.717) is 23.9 Å². The molecule has 0 rings (SSSR count). The van der Waals surface area contributed by atoms with Gasteiger partial charge in [0.1, 0.15) is 19.8 Å². The number of phosphoric acid groups is 1. The fourth-order valence-corrected chi connectivity index (χ4v) is 7.95. The Hall–Kier alpha value is -2.03. The minimum absolute atomic E-state index is 0.0182. The number of esters is 2. The molecule has 0 aliphatic rings. The third kappa shape index (κ3) is 49.4. The highest BCUT2D eigenvalue weighted by atomic mass is 31.2. The monoisotopic (exact) mass is 923 g/mol. The third-order valence-corrected chi connectivity index (χ3v) is 12.3. The SMILES string of the molecule is CCCCCCCC/C=C/C/C=C/C/C=C/CCCC(=O)O[C@@H](COC(=O)CCC/C=C/CCCCCCCCCCCCCCCCCCCC)COP(=O)(O)OCC[N+](C)(C)C. The van der Waals surface area contributed by atoms with Crippen LogP contribution in [0.4, 0.5) is 0 Å². The van der Waals surface area contributed by atoms with Crippen LogP contribution in [-0.2, 0) is 32.7 Å². The Balaban J connectivity index is 4.29. The summed E-state index contributed by atoms with van der Waals surface area (Å²) in [6.45, 7) is 4.35. The van der Waals surface area contributed by atoms with Gasteiger partial charge in [-0.25, -0.2) is 4.57 Å². The molecule has 2 atom stereocenters. The lowest BCUT2D eigenvalue weighted by Gasteiger charge is -2.24. The average Bonchev–Trinajstić information content (AvgIpc) is 3.25. The summed E-state index contributed by atoms with van der Waals surface area (Å²) in [5.74, 6) is -0.892. The van der Waals surface area contributed by atoms with Crippen LogP contribution in [-0.4, -0.2) is 74.9 Å². The molecule has 0 heterocycles. The number of carbonyl (C=O) groups is 2. The van der Waals surface area contributed by atoms with E-state index in [0.717, 1.165) is 38.5 Å². The van der Waals surface area contributed by atoms with Gasteiger partial charge < -0.3 is 18.9 Å². The maximum atomic E-state index is 12.7. The molecule has 0 amide bonds. The summed E-state index contributed by atoms with van der Waals surface area (Å²) in [6.07, 6.45) is 56.2. The highest BCUT2D eigenvalue weighted by Gasteiger charge is 2.27. The van der Waals surface area contributed by atoms with E-state index in [2.05, 4.69) is 62.5 Å². The average molecular weight is 923 g/mol. The first-order valence-corrected chi connectivity index (χ1v) is 27.9. The van der Waals surface area contributed by atoms with Crippen LogP contribution in [0, 0.1) is 0 Å². The first kappa shape index (κ1) is 62.0. The number of nitrogens with zero attached hydrogens (tertiary/aromatic N) is 1. The zero-order valence-corrected chi connectivity index (χ0v) is 43.2. The number of hydrogen-bond donors (Lipinski definition) is 1. The topological polar surface area (TPSA) is 108 Å². The number of quaternary nitrogens is 1. The number of likely N-dealkylation sites (N-methyl/N-ethyl adjacent to an activating group) is 1. The maximum absolute atomic E-state index is 12.7. The number of allylic oxidation sites excluding steroid dienone is 8. The zero-order valence-electron chi connectivity index (χ0n) is 42.3. The molecule has 1 N–H and O–H groups in total. The minimum Gasteiger partial charge on any atom is -0.462 e. The van der Waals surface area contributed by atoms with Gasteiger partial charge in [-0.15, -0.1) is 0 Å². The molecule has 0 aromatic carbocycles. The Morgan fingerprint density at radius 2 is 0.844 bits per heavy atom. The molecular formula is C54H101NO8P+. The van der Waals surface area contributed by atoms with Crippen molar-refractivity contribution in [2.75, 3.05) is 47.5 Å². The van der Waals surface area contributed by atoms with Crippen LogP contribution in [0.15, 0.2) is 48.6 Å². The van der Waals surface area contributed by atoms with Crippen LogP contribution in [0.1, 0.15) is 232 Å². The van der Waals surface area contributed by atoms with Gasteiger partial charge in [-0.2, -0.15) is 0 Å². The smallest absolute Gasteiger partial charge is 0.462 e. The molecular weight excluding hydrogens is 822 g/mol. The van der Waals surface area contributed by atoms with Gasteiger partial charge in [-0.3, -0.25) is 18.6 Å². The summed E-state index contributed by atoms with van der Waals surface area (Å²) in [5, 5.41) is 0. The van der Waals surface area contributed by atoms with Gasteiger partial charge in [0, 0.05) is 12.8 Å². The van der Waals surface area contributed by atoms with E-state index >= 15 is 0 Å². The van der Waals surface area contributed by atoms with Crippen molar-refractivity contribution in [1.82, 2.24) is 0 Å². The Kier molecular flexibility index (Phi) is 44.6. The Morgan fingerprint density at radius 1 is 0.484 bits per heavy atom. The zero-order chi connectivity index (χ0) is 47.1. The second-order valence-corrected chi connectivity index (χ2v) is 20.4. The molecule has 0 saturated carbocycles. The van der Waals surface area contributed by atoms with Crippen molar-refractivity contribution in [2.45, 2.75) is 238 Å². The summed E-state index contributed by atoms with van der Waals surface area (Å²) < 4.78 is 34.3. The van der Waals surface area contributed by atoms with Crippen molar-refractivity contribution in [3.05, 3.63) is 48.6 Å². The van der Waals surface area contributed by atoms with E-state index in [9.17, 15) is 19.0 Å². The van der Waals surface area contributed by atoms with Crippen molar-refractivity contribution < 1.29 is 42.1 Å². The van der Waals surface area contributed by atoms with Crippen LogP contribution in [0.2, 0.25) is 0 Å². The molecule has 374 valence electrons. The van der Waals surface area contributed by atoms with Gasteiger partial charge in [-0.05, 0) is 64.2 Å². The molecule has 9 nitrogen and oxygen atoms in total. The third-order valence-electron chi connectivity index (χ3n) is 11.3. The molecule has 0 bridgehead atoms. The molecule has 0 aliphatic heterocycles. The quantitative estimate of drug-likeness (QED) is 0.0211. The molecule has 1 unspecified atom stereocenters. The number of rotatable bonds is 48. The molecule has 0 radical (unpaired) electrons. The molecule has 0 fully saturated rings. The van der Waals surface area contributed by atoms with E-state index in [4.69, 9.17) is 18.5 Å². The lowest BCUT2D eigenvalue weighted by Crippen LogP contribution is -2.37. The molecule has 0 aliphatic carbocycles. The first-order valence-electron chi connectivity index (χ1n) is 26.4. The molecule has 0 spiro atoms. The number of hydrogen-bond acceptors (Lipinski definition) is 7. The fraction of sp³-hybridized carbons (Fsp3) is 0.815. The van der Waals surface area contributed by atoms with E-state index < -0.39 is 32.5 Å². The Bertz CT molecular complexity index is 1230. The van der Waals surface area contributed by atoms with E-state index in [1.807, 2.05) is 21.1 Å². The lowest BCUT2D eigenvalue weighted by atomic mass is 10.0. The van der Waals surface area contributed by atoms with Crippen LogP contribution in [0.5, 0.6) is 0 Å². The highest BCUT2D eigenvalue weighted by Crippen LogP contribution is 2.43. The summed E-state index contributed by atoms with van der Waals surface area (Å²) >= 11 is 0. The summed E-state index contributed by atoms with van der Waals surface area (Å²) in [5.41, 5.74) is 0. The minimum atomic E-state index is -4.40. The van der Waals surface area contributed by atoms with Gasteiger partial charge in [0.15, 0.2) is 6.10 Å². The highest BCUT2D eigenvalue weighted by molar-refractivity contribution is 7.47. The van der Waals surface area contributed by atoms with Gasteiger partial charge in [0.25, 0.3) is 0 Å². The molecule has 0 saturated heterocycles. The Morgan fingerprint density at radius 3 is 1.27 bits per heavy atom. The standard InChI is InChI=1S/C54H100NO8P/c1-6-8-10-12-14-16-18-20-22-24-25-26-27-28-29-31-32-34-36-38-40-42-44-46-53(56)60-50-52(51-62-64(58,59)61-49-48-55(3,4)5)63-54(57)47-45-43-41-39-37-35-33-30-23-21-19-17-15-13-11-9-7-2/h21,23,33,35,38-41,52H,6-20,22,24-32,34,36-37,42-51H2,1-5H3/p+1/b23-21+,35-33+,40-38+,41-39+/t52-/m0/s1. The number of ether oxygens (including phenoxy) is 2. The van der Waals surface area contributed by atoms with E-state index in [-0.39, 0.29) is 26.1 Å². The number of unbranched alkanes of at least 4 members (excludes halogenated alkanes) is 26. The number of carbonyl (C=O) groups excluding carboxylic acids is 2. The predicted molar refractivity (Wildman–Crippen MR) is 270 cm³/mol. The van der Waals surface area contributed by atoms with Crippen molar-refractivity contribution in [3.63, 3.8) is 0 Å². The van der Waals surface area contributed by atoms with Gasteiger partial charge in [-0.1, -0.05) is 204 Å². The molecule has 10 heteroatoms. The number of phosphoric ester groups is 1. The molecule has 0 aromatic heterocycles. The molecule has 0 aromatic rings. The largest absolute Gasteiger partial charge is 0.472 e. The van der Waals surface area contributed by atoms with Gasteiger partial charge in [0.05, 0.1) is 27.7 Å². The lowest BCUT2D eigenvalue weighted by molar-refractivity contribution is -0.870. The van der Waals surface area contributed by atoms with E-state index in [1.54, 1.807) is 0 Å². The van der Waals surface area contributed by atoms with Crippen molar-refractivity contribution in [2.24, 2.45) is 0 Å². The van der Waals surface area contributed by atoms with Crippen LogP contribution in [0.25, 0.3) is 0 Å². The molecule has 64 heavy (non-hydrogen) atoms. The second-order valence-electron chi connectivity index (χ2n) is 18.9. The van der Waals surface area contributed by atoms with Gasteiger partial charge in [0.2, 0.25) is 0 Å². The van der Waals surface area contributed by atoms with Crippen molar-refractivity contribution in [3.8, 4) is 0 Å². The van der Waals surface area contributed by atoms with Crippen LogP contribution >= 0.6 is 7.82 Å². The maximum Gasteiger partial charge on any atom is 0.472 e. The summed E-state index contributed by atoms with van der Waals surface area (Å²) in [7, 11) is 1.44. The van der Waals surface area contributed by atoms with Crippen LogP contribution in [0.3, 0.4) is 0 Å². The predicted octanol–water partition coefficient (Wildman–Crippen LogP) is 15.8. The van der Waals surface area contributed by atoms with E-state index in [1.165, 1.54) is 154 Å². The van der Waals surface area contributed by atoms with Gasteiger partial charge >= 0.3 is 19.8 Å². The second kappa shape index (κ2) is 46.1. The first-order chi connectivity index (χ1) is 31.0. The normalized spacial score (nSPS) is 13.8. The van der Waals surface area contributed by atoms with Crippen molar-refractivity contribution >= 4 is 19.8 Å². The summed E-state index contributed by atoms with van der Waals surface area (Å²) in [4.78, 5) is 35.5. The summed E-state index contributed by atoms with van der Waals surface area (Å²) in [6, 6.07) is 0. The fourth-order valence-electron chi connectivity index (χ4n) is 7.21. The Labute approximate surface area is 394 Å². The van der Waals surface area contributed by atoms with Crippen molar-refractivity contribution in [1.29, 1.82) is 0 Å². The van der Waals surface area contributed by atoms with Crippen LogP contribution < -0.4 is 0 Å².